The number of benzene rings is 4. The fourth-order valence-electron chi connectivity index (χ4n) is 12.0. The number of amides is 2. The lowest BCUT2D eigenvalue weighted by Gasteiger charge is -2.31. The van der Waals surface area contributed by atoms with Crippen molar-refractivity contribution in [3.8, 4) is 0 Å². The average molecular weight is 1400 g/mol. The van der Waals surface area contributed by atoms with E-state index in [0.717, 1.165) is 12.1 Å². The highest BCUT2D eigenvalue weighted by Gasteiger charge is 2.48. The molecule has 0 bridgehead atoms. The van der Waals surface area contributed by atoms with Crippen molar-refractivity contribution in [1.82, 2.24) is 5.06 Å². The molecule has 1 fully saturated rings. The fourth-order valence-corrected chi connectivity index (χ4v) is 15.5. The summed E-state index contributed by atoms with van der Waals surface area (Å²) in [6.45, 7) is 7.77. The quantitative estimate of drug-likeness (QED) is 0.0178. The molecule has 3 aliphatic heterocycles. The van der Waals surface area contributed by atoms with E-state index in [2.05, 4.69) is 0 Å². The van der Waals surface area contributed by atoms with Crippen molar-refractivity contribution < 1.29 is 112 Å². The lowest BCUT2D eigenvalue weighted by atomic mass is 9.75. The lowest BCUT2D eigenvalue weighted by Crippen LogP contribution is -2.32. The van der Waals surface area contributed by atoms with Crippen molar-refractivity contribution in [2.45, 2.75) is 109 Å². The number of hydrogen-bond donors (Lipinski definition) is 4. The zero-order chi connectivity index (χ0) is 67.4. The molecule has 8 rings (SSSR count). The maximum absolute atomic E-state index is 13.1. The molecule has 0 saturated carbocycles. The van der Waals surface area contributed by atoms with E-state index in [4.69, 9.17) is 40.1 Å². The maximum Gasteiger partial charge on any atom is 0.333 e. The molecule has 33 heteroatoms. The molecule has 2 amide bonds. The van der Waals surface area contributed by atoms with Crippen LogP contribution in [0.4, 0.5) is 11.4 Å². The predicted molar refractivity (Wildman–Crippen MR) is 332 cm³/mol. The van der Waals surface area contributed by atoms with Gasteiger partial charge in [0.1, 0.15) is 21.6 Å². The Bertz CT molecular complexity index is 4340. The molecule has 502 valence electrons. The van der Waals surface area contributed by atoms with Gasteiger partial charge in [-0.25, -0.2) is 13.2 Å². The molecule has 4 N–H and O–H groups in total. The van der Waals surface area contributed by atoms with Crippen molar-refractivity contribution in [1.29, 1.82) is 0 Å². The zero-order valence-electron chi connectivity index (χ0n) is 50.5. The second-order valence-corrected chi connectivity index (χ2v) is 30.3. The summed E-state index contributed by atoms with van der Waals surface area (Å²) >= 11 is 7.37. The maximum atomic E-state index is 13.1. The van der Waals surface area contributed by atoms with Crippen molar-refractivity contribution in [3.05, 3.63) is 106 Å². The summed E-state index contributed by atoms with van der Waals surface area (Å²) in [5, 5.41) is 0.386. The zero-order valence-corrected chi connectivity index (χ0v) is 55.3. The van der Waals surface area contributed by atoms with Crippen molar-refractivity contribution in [3.63, 3.8) is 0 Å². The minimum atomic E-state index is -5.35. The van der Waals surface area contributed by atoms with Crippen molar-refractivity contribution >= 4 is 119 Å². The van der Waals surface area contributed by atoms with E-state index in [-0.39, 0.29) is 117 Å². The topological polar surface area (TPSA) is 391 Å². The number of ether oxygens (including phenoxy) is 5. The molecule has 3 heterocycles. The van der Waals surface area contributed by atoms with Gasteiger partial charge in [-0.1, -0.05) is 29.8 Å². The third kappa shape index (κ3) is 16.6. The molecular formula is C59H70ClN3O24S5. The van der Waals surface area contributed by atoms with E-state index in [0.29, 0.717) is 102 Å². The van der Waals surface area contributed by atoms with Gasteiger partial charge in [-0.15, -0.1) is 5.06 Å². The van der Waals surface area contributed by atoms with E-state index in [9.17, 15) is 79.2 Å². The number of hydrogen-bond acceptors (Lipinski definition) is 21. The van der Waals surface area contributed by atoms with Crippen LogP contribution in [0.5, 0.6) is 0 Å². The van der Waals surface area contributed by atoms with Gasteiger partial charge in [0.15, 0.2) is 5.71 Å². The molecule has 92 heavy (non-hydrogen) atoms. The summed E-state index contributed by atoms with van der Waals surface area (Å²) in [5.41, 5.74) is 0.944. The molecule has 0 aromatic heterocycles. The standard InChI is InChI=1S/C59H70ClN3O24S5/c1-58(2)50(61(22-6-10-54(66)87-63-52(64)19-20-53(63)65)46-15-13-42-44(55(46)58)34-40(89(70,71)72)36-48(42)91(76,77)78)17-11-38-8-5-9-39(57(38)60)12-18-51-59(3,21-7-33-88(67,68)69)56-45-35-41(90(73,74)75)37-49(92(79,80)81)43(45)14-16-47(56)62(51)23-24-83-27-28-85-31-32-86-30-29-84-26-25-82-4/h11-18,34-37H,5-10,19-33H2,1-4H3,(H4-,67,68,69,70,71,72,73,74,75,76,77,78,79,80,81). The second kappa shape index (κ2) is 29.0. The highest BCUT2D eigenvalue weighted by atomic mass is 35.5. The van der Waals surface area contributed by atoms with E-state index < -0.39 is 105 Å². The Kier molecular flexibility index (Phi) is 22.6. The summed E-state index contributed by atoms with van der Waals surface area (Å²) in [6.07, 6.45) is 7.48. The molecule has 27 nitrogen and oxygen atoms in total. The highest BCUT2D eigenvalue weighted by molar-refractivity contribution is 7.87. The molecule has 4 aliphatic rings. The SMILES string of the molecule is COCCOCCOCCOCCOCCN1C(=CC=C2CCCC(C=CC3=[N+](CCCC(=O)ON4C(=O)CCC4=O)c4ccc5c(S(=O)(=O)[O-])cc(S(=O)(=O)O)cc5c4C3(C)C)=C2Cl)C(C)(CCCS(=O)(=O)O)c2c1ccc1c(S(=O)(=O)O)cc(S(=O)(=O)O)cc21. The van der Waals surface area contributed by atoms with Gasteiger partial charge >= 0.3 is 5.97 Å². The van der Waals surface area contributed by atoms with Gasteiger partial charge < -0.3 is 38.0 Å². The Morgan fingerprint density at radius 1 is 0.663 bits per heavy atom. The first-order chi connectivity index (χ1) is 43.1. The molecule has 1 aliphatic carbocycles. The van der Waals surface area contributed by atoms with E-state index in [1.165, 1.54) is 18.2 Å². The fraction of sp³-hybridized carbons (Fsp3) is 0.458. The summed E-state index contributed by atoms with van der Waals surface area (Å²) in [6, 6.07) is 9.05. The number of carbonyl (C=O) groups is 3. The Labute approximate surface area is 537 Å². The smallest absolute Gasteiger partial charge is 0.333 e. The van der Waals surface area contributed by atoms with Crippen LogP contribution in [0.2, 0.25) is 0 Å². The summed E-state index contributed by atoms with van der Waals surface area (Å²) < 4.78 is 210. The van der Waals surface area contributed by atoms with Crippen molar-refractivity contribution in [2.24, 2.45) is 0 Å². The van der Waals surface area contributed by atoms with Crippen LogP contribution in [-0.4, -0.2) is 183 Å². The molecule has 1 saturated heterocycles. The molecule has 0 spiro atoms. The number of carbonyl (C=O) groups excluding carboxylic acids is 3. The molecule has 0 radical (unpaired) electrons. The minimum Gasteiger partial charge on any atom is -0.744 e. The van der Waals surface area contributed by atoms with Gasteiger partial charge in [0, 0.05) is 83.2 Å². The number of methoxy groups -OCH3 is 1. The van der Waals surface area contributed by atoms with Gasteiger partial charge in [-0.3, -0.25) is 27.8 Å². The number of anilines is 1. The average Bonchev–Trinajstić information content (AvgIpc) is 1.53. The predicted octanol–water partition coefficient (Wildman–Crippen LogP) is 6.60. The first-order valence-corrected chi connectivity index (χ1v) is 36.6. The van der Waals surface area contributed by atoms with Gasteiger partial charge in [-0.2, -0.15) is 38.2 Å². The van der Waals surface area contributed by atoms with Gasteiger partial charge in [-0.05, 0) is 123 Å². The summed E-state index contributed by atoms with van der Waals surface area (Å²) in [7, 11) is -23.8. The van der Waals surface area contributed by atoms with Crippen LogP contribution in [-0.2, 0) is 104 Å². The number of allylic oxidation sites excluding steroid dienone is 8. The molecular weight excluding hydrogens is 1330 g/mol. The Morgan fingerprint density at radius 2 is 1.22 bits per heavy atom. The monoisotopic (exact) mass is 1400 g/mol. The second-order valence-electron chi connectivity index (χ2n) is 22.7. The van der Waals surface area contributed by atoms with Crippen LogP contribution >= 0.6 is 11.6 Å². The third-order valence-electron chi connectivity index (χ3n) is 16.2. The normalized spacial score (nSPS) is 19.1. The van der Waals surface area contributed by atoms with Crippen molar-refractivity contribution in [2.75, 3.05) is 90.3 Å². The van der Waals surface area contributed by atoms with E-state index >= 15 is 0 Å². The number of imide groups is 1. The number of rotatable bonds is 31. The molecule has 1 unspecified atom stereocenters. The third-order valence-corrected chi connectivity index (χ3v) is 20.9. The summed E-state index contributed by atoms with van der Waals surface area (Å²) in [5.74, 6) is -2.97. The minimum absolute atomic E-state index is 0.00262. The Balaban J connectivity index is 1.19. The largest absolute Gasteiger partial charge is 0.744 e. The van der Waals surface area contributed by atoms with Gasteiger partial charge in [0.2, 0.25) is 5.69 Å². The summed E-state index contributed by atoms with van der Waals surface area (Å²) in [4.78, 5) is 41.0. The van der Waals surface area contributed by atoms with Crippen LogP contribution in [0.3, 0.4) is 0 Å². The molecule has 4 aromatic rings. The molecule has 1 atom stereocenters. The van der Waals surface area contributed by atoms with Crippen LogP contribution in [0.1, 0.15) is 89.7 Å². The molecule has 4 aromatic carbocycles. The van der Waals surface area contributed by atoms with E-state index in [1.807, 2.05) is 4.90 Å². The van der Waals surface area contributed by atoms with Crippen LogP contribution < -0.4 is 4.90 Å². The lowest BCUT2D eigenvalue weighted by molar-refractivity contribution is -0.438. The van der Waals surface area contributed by atoms with Crippen LogP contribution in [0.15, 0.2) is 114 Å². The van der Waals surface area contributed by atoms with Gasteiger partial charge in [0.05, 0.1) is 91.7 Å². The highest BCUT2D eigenvalue weighted by Crippen LogP contribution is 2.55. The number of halogens is 1. The first kappa shape index (κ1) is 71.9. The van der Waals surface area contributed by atoms with Crippen LogP contribution in [0, 0.1) is 0 Å². The number of fused-ring (bicyclic) bond motifs is 6. The Morgan fingerprint density at radius 3 is 1.78 bits per heavy atom. The van der Waals surface area contributed by atoms with Gasteiger partial charge in [0.25, 0.3) is 52.3 Å². The van der Waals surface area contributed by atoms with Crippen LogP contribution in [0.25, 0.3) is 21.5 Å². The van der Waals surface area contributed by atoms with E-state index in [1.54, 1.807) is 62.8 Å². The number of hydroxylamine groups is 2. The number of nitrogens with zero attached hydrogens (tertiary/aromatic N) is 3. The Hall–Kier alpha value is -5.92. The first-order valence-electron chi connectivity index (χ1n) is 28.9.